The lowest BCUT2D eigenvalue weighted by Crippen LogP contribution is -2.41. The van der Waals surface area contributed by atoms with Crippen LogP contribution in [0.5, 0.6) is 0 Å². The van der Waals surface area contributed by atoms with Crippen LogP contribution in [0.25, 0.3) is 0 Å². The van der Waals surface area contributed by atoms with E-state index in [-0.39, 0.29) is 6.04 Å². The van der Waals surface area contributed by atoms with E-state index in [1.165, 1.54) is 24.9 Å². The van der Waals surface area contributed by atoms with E-state index in [4.69, 9.17) is 17.3 Å². The Labute approximate surface area is 141 Å². The molecule has 2 rings (SSSR count). The summed E-state index contributed by atoms with van der Waals surface area (Å²) in [6.07, 6.45) is 2.60. The molecule has 0 amide bonds. The first-order valence-electron chi connectivity index (χ1n) is 7.66. The van der Waals surface area contributed by atoms with E-state index >= 15 is 0 Å². The molecule has 2 unspecified atom stereocenters. The Hall–Kier alpha value is -0.130. The number of likely N-dealkylation sites (tertiary alicyclic amines) is 1. The Morgan fingerprint density at radius 3 is 2.90 bits per heavy atom. The van der Waals surface area contributed by atoms with Gasteiger partial charge in [-0.15, -0.1) is 0 Å². The van der Waals surface area contributed by atoms with Crippen molar-refractivity contribution in [1.29, 1.82) is 0 Å². The van der Waals surface area contributed by atoms with Gasteiger partial charge in [0, 0.05) is 29.6 Å². The number of nitrogens with zero attached hydrogens (tertiary/aromatic N) is 2. The lowest BCUT2D eigenvalue weighted by atomic mass is 10.0. The number of rotatable bonds is 6. The highest BCUT2D eigenvalue weighted by atomic mass is 79.9. The third kappa shape index (κ3) is 4.20. The van der Waals surface area contributed by atoms with Gasteiger partial charge in [0.25, 0.3) is 0 Å². The van der Waals surface area contributed by atoms with Crippen molar-refractivity contribution < 1.29 is 0 Å². The molecule has 0 bridgehead atoms. The predicted octanol–water partition coefficient (Wildman–Crippen LogP) is 3.52. The SMILES string of the molecule is CCN1CCCC1CN(C)C(CN)c1ccc(Br)c(Cl)c1. The Morgan fingerprint density at radius 1 is 1.52 bits per heavy atom. The van der Waals surface area contributed by atoms with Crippen LogP contribution in [-0.4, -0.2) is 49.1 Å². The summed E-state index contributed by atoms with van der Waals surface area (Å²) < 4.78 is 0.930. The molecule has 3 nitrogen and oxygen atoms in total. The molecule has 21 heavy (non-hydrogen) atoms. The van der Waals surface area contributed by atoms with Gasteiger partial charge >= 0.3 is 0 Å². The van der Waals surface area contributed by atoms with Gasteiger partial charge in [0.15, 0.2) is 0 Å². The molecule has 1 saturated heterocycles. The van der Waals surface area contributed by atoms with Crippen LogP contribution in [0.15, 0.2) is 22.7 Å². The molecule has 2 atom stereocenters. The number of halogens is 2. The molecule has 118 valence electrons. The van der Waals surface area contributed by atoms with E-state index in [0.717, 1.165) is 22.6 Å². The van der Waals surface area contributed by atoms with Crippen molar-refractivity contribution in [1.82, 2.24) is 9.80 Å². The van der Waals surface area contributed by atoms with Gasteiger partial charge < -0.3 is 5.73 Å². The topological polar surface area (TPSA) is 32.5 Å². The molecular weight excluding hydrogens is 350 g/mol. The molecule has 1 aromatic carbocycles. The molecular formula is C16H25BrClN3. The van der Waals surface area contributed by atoms with E-state index in [1.807, 2.05) is 12.1 Å². The minimum atomic E-state index is 0.218. The molecule has 0 aromatic heterocycles. The third-order valence-electron chi connectivity index (χ3n) is 4.49. The lowest BCUT2D eigenvalue weighted by molar-refractivity contribution is 0.166. The first kappa shape index (κ1) is 17.2. The van der Waals surface area contributed by atoms with E-state index < -0.39 is 0 Å². The average Bonchev–Trinajstić information content (AvgIpc) is 2.90. The van der Waals surface area contributed by atoms with E-state index in [1.54, 1.807) is 0 Å². The van der Waals surface area contributed by atoms with Crippen LogP contribution in [0.3, 0.4) is 0 Å². The summed E-state index contributed by atoms with van der Waals surface area (Å²) in [5, 5.41) is 0.746. The summed E-state index contributed by atoms with van der Waals surface area (Å²) in [5.41, 5.74) is 7.21. The minimum Gasteiger partial charge on any atom is -0.329 e. The van der Waals surface area contributed by atoms with Crippen LogP contribution in [0.2, 0.25) is 5.02 Å². The van der Waals surface area contributed by atoms with Crippen LogP contribution in [0, 0.1) is 0 Å². The van der Waals surface area contributed by atoms with E-state index in [2.05, 4.69) is 45.8 Å². The van der Waals surface area contributed by atoms with Gasteiger partial charge in [-0.2, -0.15) is 0 Å². The van der Waals surface area contributed by atoms with Crippen LogP contribution >= 0.6 is 27.5 Å². The van der Waals surface area contributed by atoms with E-state index in [9.17, 15) is 0 Å². The maximum Gasteiger partial charge on any atom is 0.0551 e. The number of likely N-dealkylation sites (N-methyl/N-ethyl adjacent to an activating group) is 2. The fourth-order valence-electron chi connectivity index (χ4n) is 3.27. The molecule has 5 heteroatoms. The van der Waals surface area contributed by atoms with Gasteiger partial charge in [0.2, 0.25) is 0 Å². The Kier molecular flexibility index (Phi) is 6.51. The molecule has 1 fully saturated rings. The molecule has 2 N–H and O–H groups in total. The summed E-state index contributed by atoms with van der Waals surface area (Å²) in [6.45, 7) is 6.27. The molecule has 1 aliphatic rings. The zero-order chi connectivity index (χ0) is 15.4. The van der Waals surface area contributed by atoms with Crippen molar-refractivity contribution >= 4 is 27.5 Å². The van der Waals surface area contributed by atoms with Crippen LogP contribution in [0.4, 0.5) is 0 Å². The quantitative estimate of drug-likeness (QED) is 0.827. The molecule has 0 saturated carbocycles. The molecule has 0 radical (unpaired) electrons. The second-order valence-corrected chi connectivity index (χ2v) is 7.05. The number of benzene rings is 1. The van der Waals surface area contributed by atoms with Crippen molar-refractivity contribution in [2.45, 2.75) is 31.8 Å². The van der Waals surface area contributed by atoms with Crippen LogP contribution in [-0.2, 0) is 0 Å². The fourth-order valence-corrected chi connectivity index (χ4v) is 3.70. The van der Waals surface area contributed by atoms with Crippen molar-refractivity contribution in [3.8, 4) is 0 Å². The Bertz CT molecular complexity index is 469. The zero-order valence-corrected chi connectivity index (χ0v) is 15.2. The first-order chi connectivity index (χ1) is 10.1. The normalized spacial score (nSPS) is 21.1. The minimum absolute atomic E-state index is 0.218. The molecule has 1 aliphatic heterocycles. The van der Waals surface area contributed by atoms with Crippen LogP contribution in [0.1, 0.15) is 31.4 Å². The molecule has 1 aromatic rings. The fraction of sp³-hybridized carbons (Fsp3) is 0.625. The van der Waals surface area contributed by atoms with Gasteiger partial charge in [-0.05, 0) is 66.6 Å². The zero-order valence-electron chi connectivity index (χ0n) is 12.9. The van der Waals surface area contributed by atoms with Gasteiger partial charge in [-0.25, -0.2) is 0 Å². The summed E-state index contributed by atoms with van der Waals surface area (Å²) in [7, 11) is 2.17. The maximum atomic E-state index is 6.22. The Morgan fingerprint density at radius 2 is 2.29 bits per heavy atom. The van der Waals surface area contributed by atoms with Crippen molar-refractivity contribution in [2.24, 2.45) is 5.73 Å². The monoisotopic (exact) mass is 373 g/mol. The Balaban J connectivity index is 2.07. The average molecular weight is 375 g/mol. The van der Waals surface area contributed by atoms with Gasteiger partial charge in [0.05, 0.1) is 5.02 Å². The van der Waals surface area contributed by atoms with E-state index in [0.29, 0.717) is 12.6 Å². The standard InChI is InChI=1S/C16H25BrClN3/c1-3-21-8-4-5-13(21)11-20(2)16(10-19)12-6-7-14(17)15(18)9-12/h6-7,9,13,16H,3-5,8,10-11,19H2,1-2H3. The predicted molar refractivity (Wildman–Crippen MR) is 93.8 cm³/mol. The summed E-state index contributed by atoms with van der Waals surface area (Å²) >= 11 is 9.66. The van der Waals surface area contributed by atoms with Gasteiger partial charge in [0.1, 0.15) is 0 Å². The molecule has 1 heterocycles. The largest absolute Gasteiger partial charge is 0.329 e. The lowest BCUT2D eigenvalue weighted by Gasteiger charge is -2.33. The van der Waals surface area contributed by atoms with Crippen molar-refractivity contribution in [2.75, 3.05) is 33.2 Å². The van der Waals surface area contributed by atoms with Gasteiger partial charge in [-0.3, -0.25) is 9.80 Å². The third-order valence-corrected chi connectivity index (χ3v) is 5.72. The maximum absolute atomic E-state index is 6.22. The second kappa shape index (κ2) is 7.93. The summed E-state index contributed by atoms with van der Waals surface area (Å²) in [4.78, 5) is 4.94. The van der Waals surface area contributed by atoms with Gasteiger partial charge in [-0.1, -0.05) is 24.6 Å². The van der Waals surface area contributed by atoms with Crippen molar-refractivity contribution in [3.05, 3.63) is 33.3 Å². The number of hydrogen-bond donors (Lipinski definition) is 1. The summed E-state index contributed by atoms with van der Waals surface area (Å²) in [6, 6.07) is 7.00. The highest BCUT2D eigenvalue weighted by molar-refractivity contribution is 9.10. The highest BCUT2D eigenvalue weighted by Gasteiger charge is 2.26. The van der Waals surface area contributed by atoms with Crippen molar-refractivity contribution in [3.63, 3.8) is 0 Å². The molecule has 0 spiro atoms. The first-order valence-corrected chi connectivity index (χ1v) is 8.83. The highest BCUT2D eigenvalue weighted by Crippen LogP contribution is 2.28. The smallest absolute Gasteiger partial charge is 0.0551 e. The summed E-state index contributed by atoms with van der Waals surface area (Å²) in [5.74, 6) is 0. The second-order valence-electron chi connectivity index (χ2n) is 5.79. The number of nitrogens with two attached hydrogens (primary N) is 1. The number of hydrogen-bond acceptors (Lipinski definition) is 3. The molecule has 0 aliphatic carbocycles. The van der Waals surface area contributed by atoms with Crippen LogP contribution < -0.4 is 5.73 Å².